The van der Waals surface area contributed by atoms with Crippen LogP contribution in [0.3, 0.4) is 0 Å². The third-order valence-electron chi connectivity index (χ3n) is 3.76. The molecular formula is C19H20F3NO7S. The zero-order chi connectivity index (χ0) is 23.2. The number of para-hydroxylation sites is 1. The van der Waals surface area contributed by atoms with Crippen molar-refractivity contribution in [3.63, 3.8) is 0 Å². The summed E-state index contributed by atoms with van der Waals surface area (Å²) in [4.78, 5) is 38.2. The highest BCUT2D eigenvalue weighted by Crippen LogP contribution is 2.37. The van der Waals surface area contributed by atoms with Gasteiger partial charge in [0.25, 0.3) is 0 Å². The maximum absolute atomic E-state index is 13.6. The molecule has 0 aliphatic carbocycles. The predicted octanol–water partition coefficient (Wildman–Crippen LogP) is 3.16. The molecule has 0 saturated carbocycles. The van der Waals surface area contributed by atoms with E-state index in [0.717, 1.165) is 20.8 Å². The third-order valence-corrected chi connectivity index (χ3v) is 4.94. The number of aliphatic imine (C=N–C) groups is 1. The van der Waals surface area contributed by atoms with Crippen LogP contribution in [-0.2, 0) is 33.3 Å². The first kappa shape index (κ1) is 24.7. The molecule has 1 aliphatic heterocycles. The van der Waals surface area contributed by atoms with Gasteiger partial charge in [-0.2, -0.15) is 13.2 Å². The second-order valence-electron chi connectivity index (χ2n) is 6.37. The smallest absolute Gasteiger partial charge is 0.439 e. The lowest BCUT2D eigenvalue weighted by atomic mass is 10.1. The number of thioether (sulfide) groups is 1. The highest BCUT2D eigenvalue weighted by molar-refractivity contribution is 8.14. The highest BCUT2D eigenvalue weighted by atomic mass is 32.2. The van der Waals surface area contributed by atoms with Crippen molar-refractivity contribution in [1.29, 1.82) is 0 Å². The van der Waals surface area contributed by atoms with Gasteiger partial charge in [0.2, 0.25) is 0 Å². The maximum Gasteiger partial charge on any atom is 0.439 e. The third kappa shape index (κ3) is 7.55. The first-order chi connectivity index (χ1) is 14.5. The van der Waals surface area contributed by atoms with Gasteiger partial charge in [-0.15, -0.1) is 0 Å². The van der Waals surface area contributed by atoms with Gasteiger partial charge >= 0.3 is 24.1 Å². The monoisotopic (exact) mass is 463 g/mol. The first-order valence-electron chi connectivity index (χ1n) is 8.98. The van der Waals surface area contributed by atoms with Gasteiger partial charge in [0.05, 0.1) is 12.3 Å². The Morgan fingerprint density at radius 2 is 1.52 bits per heavy atom. The Hall–Kier alpha value is -2.60. The summed E-state index contributed by atoms with van der Waals surface area (Å²) in [6, 6.07) is 7.44. The van der Waals surface area contributed by atoms with Crippen LogP contribution in [0, 0.1) is 0 Å². The van der Waals surface area contributed by atoms with Crippen molar-refractivity contribution < 1.29 is 46.5 Å². The fourth-order valence-corrected chi connectivity index (χ4v) is 3.70. The van der Waals surface area contributed by atoms with Crippen LogP contribution >= 0.6 is 11.8 Å². The minimum atomic E-state index is -4.84. The molecule has 1 aromatic carbocycles. The maximum atomic E-state index is 13.6. The van der Waals surface area contributed by atoms with E-state index in [2.05, 4.69) is 4.99 Å². The number of hydrogen-bond acceptors (Lipinski definition) is 9. The normalized spacial score (nSPS) is 24.3. The molecule has 1 aromatic rings. The average Bonchev–Trinajstić information content (AvgIpc) is 2.64. The van der Waals surface area contributed by atoms with Crippen molar-refractivity contribution in [3.8, 4) is 0 Å². The number of hydrogen-bond donors (Lipinski definition) is 0. The summed E-state index contributed by atoms with van der Waals surface area (Å²) in [7, 11) is 0. The minimum Gasteiger partial charge on any atom is -0.456 e. The molecule has 2 rings (SSSR count). The van der Waals surface area contributed by atoms with Gasteiger partial charge in [0.15, 0.2) is 23.4 Å². The summed E-state index contributed by atoms with van der Waals surface area (Å²) in [5.74, 6) is -2.40. The Balaban J connectivity index is 2.38. The zero-order valence-electron chi connectivity index (χ0n) is 16.8. The quantitative estimate of drug-likeness (QED) is 0.284. The highest BCUT2D eigenvalue weighted by Gasteiger charge is 2.50. The van der Waals surface area contributed by atoms with E-state index in [-0.39, 0.29) is 24.1 Å². The molecule has 4 atom stereocenters. The van der Waals surface area contributed by atoms with E-state index in [1.165, 1.54) is 24.3 Å². The van der Waals surface area contributed by atoms with Crippen LogP contribution in [0.4, 0.5) is 18.9 Å². The van der Waals surface area contributed by atoms with Gasteiger partial charge < -0.3 is 18.9 Å². The topological polar surface area (TPSA) is 100 Å². The van der Waals surface area contributed by atoms with Crippen LogP contribution in [0.2, 0.25) is 0 Å². The molecule has 12 heteroatoms. The van der Waals surface area contributed by atoms with Gasteiger partial charge in [-0.05, 0) is 12.1 Å². The van der Waals surface area contributed by atoms with Gasteiger partial charge in [-0.25, -0.2) is 4.99 Å². The van der Waals surface area contributed by atoms with Crippen LogP contribution in [-0.4, -0.2) is 59.5 Å². The number of benzene rings is 1. The van der Waals surface area contributed by atoms with Crippen LogP contribution in [0.15, 0.2) is 35.3 Å². The summed E-state index contributed by atoms with van der Waals surface area (Å²) < 4.78 is 61.6. The lowest BCUT2D eigenvalue weighted by Gasteiger charge is -2.40. The van der Waals surface area contributed by atoms with E-state index in [0.29, 0.717) is 0 Å². The van der Waals surface area contributed by atoms with Gasteiger partial charge in [0.1, 0.15) is 5.44 Å². The molecule has 0 radical (unpaired) electrons. The Labute approximate surface area is 180 Å². The Bertz CT molecular complexity index is 832. The SMILES string of the molecule is CC(=O)O[C@@H]1[C@@H](OC(C)=O)[C@H](SC(=Nc2ccccc2)C(F)(F)F)OC[C@H]1OC(C)=O. The van der Waals surface area contributed by atoms with Gasteiger partial charge in [0, 0.05) is 20.8 Å². The van der Waals surface area contributed by atoms with E-state index < -0.39 is 52.9 Å². The average molecular weight is 463 g/mol. The molecule has 0 bridgehead atoms. The molecule has 31 heavy (non-hydrogen) atoms. The number of rotatable bonds is 5. The van der Waals surface area contributed by atoms with E-state index in [1.54, 1.807) is 6.07 Å². The van der Waals surface area contributed by atoms with Crippen LogP contribution in [0.25, 0.3) is 0 Å². The standard InChI is InChI=1S/C19H20F3NO7S/c1-10(24)28-14-9-27-17(16(30-12(3)26)15(14)29-11(2)25)31-18(19(20,21)22)23-13-7-5-4-6-8-13/h4-8,14-17H,9H2,1-3H3/t14-,15+,16-,17+/m1/s1. The molecule has 1 heterocycles. The zero-order valence-corrected chi connectivity index (χ0v) is 17.6. The number of halogens is 3. The second kappa shape index (κ2) is 10.6. The van der Waals surface area contributed by atoms with Crippen molar-refractivity contribution in [2.45, 2.75) is 50.7 Å². The lowest BCUT2D eigenvalue weighted by Crippen LogP contribution is -2.56. The van der Waals surface area contributed by atoms with Crippen molar-refractivity contribution >= 4 is 40.4 Å². The van der Waals surface area contributed by atoms with Crippen molar-refractivity contribution in [3.05, 3.63) is 30.3 Å². The Morgan fingerprint density at radius 1 is 0.968 bits per heavy atom. The van der Waals surface area contributed by atoms with Crippen molar-refractivity contribution in [1.82, 2.24) is 0 Å². The lowest BCUT2D eigenvalue weighted by molar-refractivity contribution is -0.213. The summed E-state index contributed by atoms with van der Waals surface area (Å²) >= 11 is 0.163. The number of carbonyl (C=O) groups is 3. The molecule has 0 spiro atoms. The van der Waals surface area contributed by atoms with Crippen LogP contribution < -0.4 is 0 Å². The molecule has 1 fully saturated rings. The molecule has 0 amide bonds. The summed E-state index contributed by atoms with van der Waals surface area (Å²) in [6.07, 6.45) is -8.88. The Morgan fingerprint density at radius 3 is 2.03 bits per heavy atom. The number of ether oxygens (including phenoxy) is 4. The first-order valence-corrected chi connectivity index (χ1v) is 9.86. The largest absolute Gasteiger partial charge is 0.456 e. The van der Waals surface area contributed by atoms with Crippen LogP contribution in [0.5, 0.6) is 0 Å². The summed E-state index contributed by atoms with van der Waals surface area (Å²) in [6.45, 7) is 2.81. The summed E-state index contributed by atoms with van der Waals surface area (Å²) in [5, 5.41) is -1.26. The molecule has 0 unspecified atom stereocenters. The number of alkyl halides is 3. The van der Waals surface area contributed by atoms with E-state index >= 15 is 0 Å². The molecule has 1 saturated heterocycles. The number of esters is 3. The fraction of sp³-hybridized carbons (Fsp3) is 0.474. The van der Waals surface area contributed by atoms with Crippen molar-refractivity contribution in [2.24, 2.45) is 4.99 Å². The van der Waals surface area contributed by atoms with E-state index in [1.807, 2.05) is 0 Å². The van der Waals surface area contributed by atoms with Gasteiger partial charge in [-0.3, -0.25) is 14.4 Å². The number of carbonyl (C=O) groups excluding carboxylic acids is 3. The minimum absolute atomic E-state index is 0.0523. The van der Waals surface area contributed by atoms with Gasteiger partial charge in [-0.1, -0.05) is 30.0 Å². The molecule has 0 aromatic heterocycles. The molecule has 170 valence electrons. The van der Waals surface area contributed by atoms with E-state index in [9.17, 15) is 27.6 Å². The molecule has 1 aliphatic rings. The molecule has 0 N–H and O–H groups in total. The fourth-order valence-electron chi connectivity index (χ4n) is 2.70. The second-order valence-corrected chi connectivity index (χ2v) is 7.45. The predicted molar refractivity (Wildman–Crippen MR) is 104 cm³/mol. The Kier molecular flexibility index (Phi) is 8.45. The molecular weight excluding hydrogens is 443 g/mol. The van der Waals surface area contributed by atoms with Crippen LogP contribution in [0.1, 0.15) is 20.8 Å². The summed E-state index contributed by atoms with van der Waals surface area (Å²) in [5.41, 5.74) is -1.39. The van der Waals surface area contributed by atoms with E-state index in [4.69, 9.17) is 18.9 Å². The number of nitrogens with zero attached hydrogens (tertiary/aromatic N) is 1. The van der Waals surface area contributed by atoms with Crippen molar-refractivity contribution in [2.75, 3.05) is 6.61 Å². The molecule has 8 nitrogen and oxygen atoms in total.